The molecule has 5 atom stereocenters. The summed E-state index contributed by atoms with van der Waals surface area (Å²) >= 11 is 0. The molecule has 5 rings (SSSR count). The number of aliphatic hydroxyl groups excluding tert-OH is 2. The summed E-state index contributed by atoms with van der Waals surface area (Å²) in [7, 11) is 3.17. The Bertz CT molecular complexity index is 1320. The number of nitrogens with zero attached hydrogens (tertiary/aromatic N) is 1. The van der Waals surface area contributed by atoms with E-state index in [-0.39, 0.29) is 29.2 Å². The van der Waals surface area contributed by atoms with Crippen molar-refractivity contribution in [3.05, 3.63) is 45.7 Å². The van der Waals surface area contributed by atoms with Crippen molar-refractivity contribution in [1.82, 2.24) is 4.90 Å². The summed E-state index contributed by atoms with van der Waals surface area (Å²) in [6.45, 7) is 4.32. The number of carbonyl (C=O) groups is 3. The quantitative estimate of drug-likeness (QED) is 0.366. The van der Waals surface area contributed by atoms with E-state index in [0.717, 1.165) is 25.7 Å². The second-order valence-corrected chi connectivity index (χ2v) is 12.3. The van der Waals surface area contributed by atoms with Gasteiger partial charge in [-0.2, -0.15) is 0 Å². The lowest BCUT2D eigenvalue weighted by molar-refractivity contribution is -0.153. The maximum atomic E-state index is 14.0. The summed E-state index contributed by atoms with van der Waals surface area (Å²) in [6, 6.07) is 2.69. The topological polar surface area (TPSA) is 161 Å². The highest BCUT2D eigenvalue weighted by molar-refractivity contribution is 6.24. The van der Waals surface area contributed by atoms with Crippen LogP contribution in [0.25, 0.3) is 5.76 Å². The van der Waals surface area contributed by atoms with E-state index in [9.17, 15) is 34.8 Å². The molecule has 0 heterocycles. The smallest absolute Gasteiger partial charge is 0.255 e. The number of hydrogen-bond donors (Lipinski definition) is 5. The van der Waals surface area contributed by atoms with Crippen LogP contribution in [0.3, 0.4) is 0 Å². The van der Waals surface area contributed by atoms with Crippen molar-refractivity contribution >= 4 is 23.2 Å². The average molecular weight is 539 g/mol. The summed E-state index contributed by atoms with van der Waals surface area (Å²) < 4.78 is 0. The van der Waals surface area contributed by atoms with Crippen LogP contribution < -0.4 is 5.73 Å². The van der Waals surface area contributed by atoms with Crippen molar-refractivity contribution in [2.24, 2.45) is 29.4 Å². The van der Waals surface area contributed by atoms with Gasteiger partial charge in [-0.15, -0.1) is 0 Å². The number of primary amides is 1. The van der Waals surface area contributed by atoms with Gasteiger partial charge in [0.25, 0.3) is 5.91 Å². The zero-order valence-corrected chi connectivity index (χ0v) is 22.9. The molecule has 0 aromatic heterocycles. The number of Topliss-reactive ketones (excluding diaryl/α,β-unsaturated/α-hetero) is 2. The van der Waals surface area contributed by atoms with Crippen LogP contribution >= 0.6 is 0 Å². The van der Waals surface area contributed by atoms with Gasteiger partial charge < -0.3 is 26.2 Å². The molecule has 1 aromatic carbocycles. The van der Waals surface area contributed by atoms with Crippen molar-refractivity contribution < 1.29 is 34.8 Å². The number of likely N-dealkylation sites (N-methyl/N-ethyl adjacent to an activating group) is 1. The second-order valence-electron chi connectivity index (χ2n) is 12.3. The summed E-state index contributed by atoms with van der Waals surface area (Å²) in [5.41, 5.74) is 3.38. The Balaban J connectivity index is 1.61. The number of hydrogen-bond acceptors (Lipinski definition) is 8. The number of aromatic hydroxyl groups is 1. The zero-order valence-electron chi connectivity index (χ0n) is 22.9. The second kappa shape index (κ2) is 9.48. The fourth-order valence-corrected chi connectivity index (χ4v) is 7.64. The highest BCUT2D eigenvalue weighted by Gasteiger charge is 2.64. The van der Waals surface area contributed by atoms with Gasteiger partial charge in [0.15, 0.2) is 11.4 Å². The largest absolute Gasteiger partial charge is 0.508 e. The molecule has 1 amide bonds. The number of benzene rings is 1. The standard InChI is InChI=1S/C30H38N2O7/c1-13-5-7-15(8-6-13)14(2)18-10-9-16-11-17-12-19-23(32(3)4)26(35)22(29(31)38)28(37)30(19,39)27(36)21(17)25(34)20(16)24(18)33/h9-10,13-15,17,19,23,33-34,37,39H,5-8,11-12H2,1-4H3,(H2,31,38)/t13?,14?,15?,17-,19-,23-,30-/m0/s1. The van der Waals surface area contributed by atoms with E-state index in [2.05, 4.69) is 13.8 Å². The number of rotatable bonds is 4. The number of ketones is 2. The van der Waals surface area contributed by atoms with Gasteiger partial charge in [-0.1, -0.05) is 38.8 Å². The van der Waals surface area contributed by atoms with Crippen LogP contribution in [-0.2, 0) is 20.8 Å². The molecule has 2 saturated carbocycles. The Labute approximate surface area is 228 Å². The number of carbonyl (C=O) groups excluding carboxylic acids is 3. The number of phenols is 1. The molecule has 4 aliphatic carbocycles. The minimum atomic E-state index is -2.62. The Morgan fingerprint density at radius 3 is 2.33 bits per heavy atom. The molecular weight excluding hydrogens is 500 g/mol. The van der Waals surface area contributed by atoms with Gasteiger partial charge >= 0.3 is 0 Å². The number of aliphatic hydroxyl groups is 3. The van der Waals surface area contributed by atoms with Gasteiger partial charge in [0.2, 0.25) is 5.78 Å². The van der Waals surface area contributed by atoms with Crippen LogP contribution in [0.1, 0.15) is 68.6 Å². The Hall–Kier alpha value is -3.17. The number of phenolic OH excluding ortho intramolecular Hbond substituents is 1. The fourth-order valence-electron chi connectivity index (χ4n) is 7.64. The van der Waals surface area contributed by atoms with Gasteiger partial charge in [-0.25, -0.2) is 0 Å². The third-order valence-electron chi connectivity index (χ3n) is 9.88. The molecule has 0 saturated heterocycles. The summed E-state index contributed by atoms with van der Waals surface area (Å²) in [5, 5.41) is 45.6. The summed E-state index contributed by atoms with van der Waals surface area (Å²) in [6.07, 6.45) is 4.77. The molecule has 0 aliphatic heterocycles. The van der Waals surface area contributed by atoms with Crippen molar-refractivity contribution in [2.45, 2.75) is 69.9 Å². The summed E-state index contributed by atoms with van der Waals surface area (Å²) in [4.78, 5) is 40.8. The van der Waals surface area contributed by atoms with E-state index in [1.807, 2.05) is 12.1 Å². The highest BCUT2D eigenvalue weighted by Crippen LogP contribution is 2.53. The first-order chi connectivity index (χ1) is 18.3. The van der Waals surface area contributed by atoms with E-state index >= 15 is 0 Å². The Morgan fingerprint density at radius 2 is 1.74 bits per heavy atom. The molecule has 6 N–H and O–H groups in total. The molecular formula is C30H38N2O7. The zero-order chi connectivity index (χ0) is 28.5. The lowest BCUT2D eigenvalue weighted by atomic mass is 9.57. The molecule has 0 radical (unpaired) electrons. The van der Waals surface area contributed by atoms with Crippen molar-refractivity contribution in [2.75, 3.05) is 14.1 Å². The maximum Gasteiger partial charge on any atom is 0.255 e. The number of nitrogens with two attached hydrogens (primary N) is 1. The lowest BCUT2D eigenvalue weighted by Crippen LogP contribution is -2.65. The van der Waals surface area contributed by atoms with Crippen molar-refractivity contribution in [3.63, 3.8) is 0 Å². The van der Waals surface area contributed by atoms with Gasteiger partial charge in [-0.05, 0) is 74.6 Å². The van der Waals surface area contributed by atoms with Crippen LogP contribution in [0.2, 0.25) is 0 Å². The molecule has 1 unspecified atom stereocenters. The van der Waals surface area contributed by atoms with Crippen LogP contribution in [0.4, 0.5) is 0 Å². The van der Waals surface area contributed by atoms with Crippen molar-refractivity contribution in [1.29, 1.82) is 0 Å². The van der Waals surface area contributed by atoms with Crippen LogP contribution in [-0.4, -0.2) is 68.5 Å². The van der Waals surface area contributed by atoms with E-state index in [0.29, 0.717) is 29.4 Å². The monoisotopic (exact) mass is 538 g/mol. The molecule has 210 valence electrons. The molecule has 4 aliphatic rings. The maximum absolute atomic E-state index is 14.0. The first kappa shape index (κ1) is 27.4. The molecule has 0 bridgehead atoms. The molecule has 2 fully saturated rings. The third kappa shape index (κ3) is 3.92. The lowest BCUT2D eigenvalue weighted by Gasteiger charge is -2.50. The SMILES string of the molecule is CC1CCC(C(C)c2ccc3c(c2O)C(O)=C2C(=O)[C@]4(O)C(O)=C(C(N)=O)C(=O)[C@@H](N(C)C)[C@@H]4C[C@@H]2C3)CC1. The fraction of sp³-hybridized carbons (Fsp3) is 0.567. The van der Waals surface area contributed by atoms with E-state index in [1.165, 1.54) is 4.90 Å². The first-order valence-electron chi connectivity index (χ1n) is 13.8. The van der Waals surface area contributed by atoms with E-state index in [4.69, 9.17) is 5.73 Å². The molecule has 9 heteroatoms. The predicted octanol–water partition coefficient (Wildman–Crippen LogP) is 2.89. The Morgan fingerprint density at radius 1 is 1.10 bits per heavy atom. The molecule has 9 nitrogen and oxygen atoms in total. The highest BCUT2D eigenvalue weighted by atomic mass is 16.3. The van der Waals surface area contributed by atoms with Gasteiger partial charge in [0.05, 0.1) is 11.6 Å². The average Bonchev–Trinajstić information content (AvgIpc) is 2.86. The Kier molecular flexibility index (Phi) is 6.66. The molecule has 0 spiro atoms. The van der Waals surface area contributed by atoms with Crippen LogP contribution in [0.15, 0.2) is 29.0 Å². The molecule has 39 heavy (non-hydrogen) atoms. The third-order valence-corrected chi connectivity index (χ3v) is 9.88. The number of fused-ring (bicyclic) bond motifs is 3. The minimum Gasteiger partial charge on any atom is -0.508 e. The van der Waals surface area contributed by atoms with Gasteiger partial charge in [-0.3, -0.25) is 19.3 Å². The van der Waals surface area contributed by atoms with E-state index < -0.39 is 58.0 Å². The van der Waals surface area contributed by atoms with Crippen LogP contribution in [0, 0.1) is 23.7 Å². The first-order valence-corrected chi connectivity index (χ1v) is 13.8. The minimum absolute atomic E-state index is 0.0456. The number of amides is 1. The normalized spacial score (nSPS) is 33.5. The summed E-state index contributed by atoms with van der Waals surface area (Å²) in [5.74, 6) is -5.07. The van der Waals surface area contributed by atoms with Gasteiger partial charge in [0, 0.05) is 11.5 Å². The van der Waals surface area contributed by atoms with Gasteiger partial charge in [0.1, 0.15) is 22.8 Å². The van der Waals surface area contributed by atoms with Crippen LogP contribution in [0.5, 0.6) is 5.75 Å². The van der Waals surface area contributed by atoms with Crippen molar-refractivity contribution in [3.8, 4) is 5.75 Å². The predicted molar refractivity (Wildman–Crippen MR) is 144 cm³/mol. The van der Waals surface area contributed by atoms with E-state index in [1.54, 1.807) is 14.1 Å². The molecule has 1 aromatic rings.